The topological polar surface area (TPSA) is 53.9 Å². The van der Waals surface area contributed by atoms with Crippen LogP contribution in [-0.2, 0) is 0 Å². The van der Waals surface area contributed by atoms with Gasteiger partial charge in [0.05, 0.1) is 0 Å². The number of nitrogens with one attached hydrogen (secondary N) is 3. The minimum absolute atomic E-state index is 0.571. The fourth-order valence-corrected chi connectivity index (χ4v) is 2.57. The largest absolute Gasteiger partial charge is 0.361 e. The Morgan fingerprint density at radius 1 is 0.960 bits per heavy atom. The zero-order valence-corrected chi connectivity index (χ0v) is 14.9. The van der Waals surface area contributed by atoms with Crippen LogP contribution in [0.4, 0.5) is 23.0 Å². The van der Waals surface area contributed by atoms with Gasteiger partial charge in [-0.1, -0.05) is 43.3 Å². The highest BCUT2D eigenvalue weighted by molar-refractivity contribution is 7.80. The first kappa shape index (κ1) is 17.0. The Bertz CT molecular complexity index is 814. The number of aromatic nitrogens is 2. The summed E-state index contributed by atoms with van der Waals surface area (Å²) >= 11 is 5.49. The third-order valence-corrected chi connectivity index (χ3v) is 3.84. The maximum Gasteiger partial charge on any atom is 0.196 e. The lowest BCUT2D eigenvalue weighted by Gasteiger charge is -2.11. The van der Waals surface area contributed by atoms with Crippen LogP contribution in [0.25, 0.3) is 0 Å². The molecule has 0 spiro atoms. The second kappa shape index (κ2) is 8.30. The van der Waals surface area contributed by atoms with Gasteiger partial charge in [-0.2, -0.15) is 4.68 Å². The summed E-state index contributed by atoms with van der Waals surface area (Å²) in [4.78, 5) is 0. The van der Waals surface area contributed by atoms with Gasteiger partial charge in [-0.05, 0) is 42.9 Å². The van der Waals surface area contributed by atoms with Gasteiger partial charge >= 0.3 is 0 Å². The van der Waals surface area contributed by atoms with E-state index in [0.717, 1.165) is 36.0 Å². The van der Waals surface area contributed by atoms with Crippen LogP contribution in [0.2, 0.25) is 0 Å². The number of rotatable bonds is 6. The molecule has 1 aromatic heterocycles. The molecule has 0 radical (unpaired) electrons. The van der Waals surface area contributed by atoms with Gasteiger partial charge in [0.1, 0.15) is 5.82 Å². The van der Waals surface area contributed by atoms with Gasteiger partial charge in [0.2, 0.25) is 0 Å². The second-order valence-corrected chi connectivity index (χ2v) is 5.93. The molecule has 0 bridgehead atoms. The Kier molecular flexibility index (Phi) is 5.64. The molecule has 1 heterocycles. The quantitative estimate of drug-likeness (QED) is 0.571. The zero-order valence-electron chi connectivity index (χ0n) is 14.1. The summed E-state index contributed by atoms with van der Waals surface area (Å²) in [5.74, 6) is 1.53. The molecule has 5 nitrogen and oxygen atoms in total. The Labute approximate surface area is 153 Å². The average Bonchev–Trinajstić information content (AvgIpc) is 3.03. The third-order valence-electron chi connectivity index (χ3n) is 3.52. The number of nitrogens with zero attached hydrogens (tertiary/aromatic N) is 2. The van der Waals surface area contributed by atoms with Gasteiger partial charge < -0.3 is 16.0 Å². The first-order valence-corrected chi connectivity index (χ1v) is 8.69. The summed E-state index contributed by atoms with van der Waals surface area (Å²) in [5.41, 5.74) is 1.96. The van der Waals surface area contributed by atoms with E-state index in [1.807, 2.05) is 66.7 Å². The first-order valence-electron chi connectivity index (χ1n) is 8.28. The number of benzene rings is 2. The van der Waals surface area contributed by atoms with Gasteiger partial charge in [-0.25, -0.2) is 0 Å². The molecular formula is C19H21N5S. The number of hydrogen-bond donors (Lipinski definition) is 3. The van der Waals surface area contributed by atoms with Crippen molar-refractivity contribution in [2.24, 2.45) is 0 Å². The Morgan fingerprint density at radius 3 is 2.16 bits per heavy atom. The van der Waals surface area contributed by atoms with E-state index >= 15 is 0 Å². The normalized spacial score (nSPS) is 10.3. The second-order valence-electron chi connectivity index (χ2n) is 5.54. The van der Waals surface area contributed by atoms with E-state index in [0.29, 0.717) is 5.11 Å². The smallest absolute Gasteiger partial charge is 0.196 e. The molecular weight excluding hydrogens is 330 g/mol. The van der Waals surface area contributed by atoms with E-state index in [-0.39, 0.29) is 0 Å². The summed E-state index contributed by atoms with van der Waals surface area (Å²) in [6.45, 7) is 2.91. The SMILES string of the molecule is CCCNC(=S)n1nc(Nc2ccccc2)cc1Nc1ccccc1. The summed E-state index contributed by atoms with van der Waals surface area (Å²) in [5, 5.41) is 15.1. The predicted octanol–water partition coefficient (Wildman–Crippen LogP) is 4.50. The third kappa shape index (κ3) is 4.58. The molecule has 25 heavy (non-hydrogen) atoms. The fourth-order valence-electron chi connectivity index (χ4n) is 2.33. The van der Waals surface area contributed by atoms with Crippen molar-refractivity contribution in [1.29, 1.82) is 0 Å². The standard InChI is InChI=1S/C19H21N5S/c1-2-13-20-19(25)24-18(22-16-11-7-4-8-12-16)14-17(23-24)21-15-9-5-3-6-10-15/h3-12,14,22H,2,13H2,1H3,(H,20,25)(H,21,23). The number of para-hydroxylation sites is 2. The molecule has 0 aliphatic rings. The van der Waals surface area contributed by atoms with Crippen LogP contribution in [0.5, 0.6) is 0 Å². The van der Waals surface area contributed by atoms with Crippen molar-refractivity contribution < 1.29 is 0 Å². The van der Waals surface area contributed by atoms with Gasteiger partial charge in [-0.3, -0.25) is 0 Å². The van der Waals surface area contributed by atoms with E-state index in [9.17, 15) is 0 Å². The van der Waals surface area contributed by atoms with Gasteiger partial charge in [0, 0.05) is 24.0 Å². The molecule has 0 saturated heterocycles. The van der Waals surface area contributed by atoms with Crippen molar-refractivity contribution in [3.63, 3.8) is 0 Å². The molecule has 2 aromatic carbocycles. The highest BCUT2D eigenvalue weighted by Gasteiger charge is 2.12. The summed E-state index contributed by atoms with van der Waals surface area (Å²) in [6, 6.07) is 21.8. The molecule has 3 N–H and O–H groups in total. The van der Waals surface area contributed by atoms with Crippen LogP contribution >= 0.6 is 12.2 Å². The maximum absolute atomic E-state index is 5.49. The summed E-state index contributed by atoms with van der Waals surface area (Å²) in [6.07, 6.45) is 0.998. The molecule has 0 atom stereocenters. The predicted molar refractivity (Wildman–Crippen MR) is 108 cm³/mol. The van der Waals surface area contributed by atoms with Crippen LogP contribution < -0.4 is 16.0 Å². The van der Waals surface area contributed by atoms with Crippen LogP contribution in [0.15, 0.2) is 66.7 Å². The van der Waals surface area contributed by atoms with E-state index in [2.05, 4.69) is 28.0 Å². The summed E-state index contributed by atoms with van der Waals surface area (Å²) < 4.78 is 1.71. The maximum atomic E-state index is 5.49. The van der Waals surface area contributed by atoms with Crippen LogP contribution in [0.3, 0.4) is 0 Å². The molecule has 128 valence electrons. The van der Waals surface area contributed by atoms with Gasteiger partial charge in [0.15, 0.2) is 10.9 Å². The lowest BCUT2D eigenvalue weighted by atomic mass is 10.3. The van der Waals surface area contributed by atoms with Crippen molar-refractivity contribution >= 4 is 40.3 Å². The van der Waals surface area contributed by atoms with Crippen molar-refractivity contribution in [3.05, 3.63) is 66.7 Å². The number of thiocarbonyl (C=S) groups is 1. The highest BCUT2D eigenvalue weighted by atomic mass is 32.1. The minimum atomic E-state index is 0.571. The van der Waals surface area contributed by atoms with Crippen LogP contribution in [0, 0.1) is 0 Å². The lowest BCUT2D eigenvalue weighted by Crippen LogP contribution is -2.30. The average molecular weight is 351 g/mol. The Balaban J connectivity index is 1.86. The van der Waals surface area contributed by atoms with Gasteiger partial charge in [-0.15, -0.1) is 5.10 Å². The van der Waals surface area contributed by atoms with Crippen LogP contribution in [-0.4, -0.2) is 21.4 Å². The molecule has 0 fully saturated rings. The van der Waals surface area contributed by atoms with E-state index < -0.39 is 0 Å². The molecule has 0 aliphatic carbocycles. The van der Waals surface area contributed by atoms with E-state index in [1.54, 1.807) is 4.68 Å². The van der Waals surface area contributed by atoms with E-state index in [4.69, 9.17) is 12.2 Å². The van der Waals surface area contributed by atoms with Crippen molar-refractivity contribution in [2.75, 3.05) is 17.2 Å². The Morgan fingerprint density at radius 2 is 1.56 bits per heavy atom. The molecule has 0 amide bonds. The first-order chi connectivity index (χ1) is 12.3. The molecule has 3 aromatic rings. The van der Waals surface area contributed by atoms with Crippen molar-refractivity contribution in [2.45, 2.75) is 13.3 Å². The number of hydrogen-bond acceptors (Lipinski definition) is 4. The number of anilines is 4. The molecule has 3 rings (SSSR count). The molecule has 0 unspecified atom stereocenters. The minimum Gasteiger partial charge on any atom is -0.361 e. The van der Waals surface area contributed by atoms with E-state index in [1.165, 1.54) is 0 Å². The Hall–Kier alpha value is -2.86. The summed E-state index contributed by atoms with van der Waals surface area (Å²) in [7, 11) is 0. The van der Waals surface area contributed by atoms with Crippen molar-refractivity contribution in [3.8, 4) is 0 Å². The van der Waals surface area contributed by atoms with Gasteiger partial charge in [0.25, 0.3) is 0 Å². The van der Waals surface area contributed by atoms with Crippen LogP contribution in [0.1, 0.15) is 13.3 Å². The molecule has 0 saturated carbocycles. The molecule has 0 aliphatic heterocycles. The monoisotopic (exact) mass is 351 g/mol. The lowest BCUT2D eigenvalue weighted by molar-refractivity contribution is 0.804. The zero-order chi connectivity index (χ0) is 17.5. The van der Waals surface area contributed by atoms with Crippen molar-refractivity contribution in [1.82, 2.24) is 15.1 Å². The highest BCUT2D eigenvalue weighted by Crippen LogP contribution is 2.22. The molecule has 6 heteroatoms. The fraction of sp³-hybridized carbons (Fsp3) is 0.158.